The zero-order chi connectivity index (χ0) is 13.9. The van der Waals surface area contributed by atoms with Crippen molar-refractivity contribution >= 4 is 21.9 Å². The number of aliphatic hydroxyl groups is 1. The van der Waals surface area contributed by atoms with Gasteiger partial charge in [0.05, 0.1) is 18.2 Å². The summed E-state index contributed by atoms with van der Waals surface area (Å²) in [5, 5.41) is 19.3. The topological polar surface area (TPSA) is 76.0 Å². The van der Waals surface area contributed by atoms with E-state index in [2.05, 4.69) is 20.7 Å². The lowest BCUT2D eigenvalue weighted by Crippen LogP contribution is -2.17. The van der Waals surface area contributed by atoms with E-state index in [0.29, 0.717) is 0 Å². The molecular weight excluding hydrogens is 311 g/mol. The van der Waals surface area contributed by atoms with Crippen LogP contribution in [0.4, 0.5) is 4.39 Å². The molecule has 5 nitrogen and oxygen atoms in total. The molecule has 0 fully saturated rings. The predicted molar refractivity (Wildman–Crippen MR) is 63.9 cm³/mol. The molecule has 0 aliphatic heterocycles. The zero-order valence-electron chi connectivity index (χ0n) is 9.74. The monoisotopic (exact) mass is 322 g/mol. The van der Waals surface area contributed by atoms with E-state index in [1.807, 2.05) is 0 Å². The number of phenols is 1. The minimum absolute atomic E-state index is 0.0528. The van der Waals surface area contributed by atoms with Gasteiger partial charge >= 0.3 is 5.97 Å². The first kappa shape index (κ1) is 14.7. The average Bonchev–Trinajstić information content (AvgIpc) is 2.34. The van der Waals surface area contributed by atoms with Gasteiger partial charge in [-0.15, -0.1) is 0 Å². The third kappa shape index (κ3) is 2.73. The number of carbonyl (C=O) groups is 1. The highest BCUT2D eigenvalue weighted by molar-refractivity contribution is 9.10. The SMILES string of the molecule is CCOC(=O)C(O)c1c(F)cc(OC)c(O)c1Br. The maximum atomic E-state index is 13.7. The van der Waals surface area contributed by atoms with Gasteiger partial charge in [0.1, 0.15) is 5.82 Å². The Kier molecular flexibility index (Phi) is 4.92. The largest absolute Gasteiger partial charge is 0.503 e. The number of carbonyl (C=O) groups excluding carboxylic acids is 1. The summed E-state index contributed by atoms with van der Waals surface area (Å²) in [7, 11) is 1.25. The fraction of sp³-hybridized carbons (Fsp3) is 0.364. The van der Waals surface area contributed by atoms with Crippen LogP contribution in [0.25, 0.3) is 0 Å². The molecule has 18 heavy (non-hydrogen) atoms. The summed E-state index contributed by atoms with van der Waals surface area (Å²) in [5.74, 6) is -2.41. The smallest absolute Gasteiger partial charge is 0.339 e. The van der Waals surface area contributed by atoms with E-state index in [0.717, 1.165) is 6.07 Å². The van der Waals surface area contributed by atoms with Gasteiger partial charge in [0.2, 0.25) is 0 Å². The summed E-state index contributed by atoms with van der Waals surface area (Å²) in [6.07, 6.45) is -1.82. The Morgan fingerprint density at radius 1 is 1.61 bits per heavy atom. The number of halogens is 2. The van der Waals surface area contributed by atoms with Crippen molar-refractivity contribution in [2.45, 2.75) is 13.0 Å². The van der Waals surface area contributed by atoms with Crippen LogP contribution in [0.3, 0.4) is 0 Å². The molecule has 7 heteroatoms. The maximum Gasteiger partial charge on any atom is 0.339 e. The fourth-order valence-electron chi connectivity index (χ4n) is 1.35. The molecular formula is C11H12BrFO5. The Morgan fingerprint density at radius 3 is 2.72 bits per heavy atom. The molecule has 1 aromatic carbocycles. The van der Waals surface area contributed by atoms with Crippen molar-refractivity contribution in [1.82, 2.24) is 0 Å². The number of aromatic hydroxyl groups is 1. The van der Waals surface area contributed by atoms with E-state index in [4.69, 9.17) is 4.74 Å². The van der Waals surface area contributed by atoms with Gasteiger partial charge in [-0.3, -0.25) is 0 Å². The Hall–Kier alpha value is -1.34. The molecule has 0 heterocycles. The zero-order valence-corrected chi connectivity index (χ0v) is 11.3. The summed E-state index contributed by atoms with van der Waals surface area (Å²) in [4.78, 5) is 11.3. The van der Waals surface area contributed by atoms with Gasteiger partial charge in [-0.05, 0) is 22.9 Å². The molecule has 0 aliphatic rings. The standard InChI is InChI=1S/C11H12BrFO5/c1-3-18-11(16)10(15)7-5(13)4-6(17-2)9(14)8(7)12/h4,10,14-15H,3H2,1-2H3. The van der Waals surface area contributed by atoms with Crippen LogP contribution in [0.15, 0.2) is 10.5 Å². The van der Waals surface area contributed by atoms with E-state index in [1.54, 1.807) is 6.92 Å². The predicted octanol–water partition coefficient (Wildman–Crippen LogP) is 1.90. The van der Waals surface area contributed by atoms with Crippen molar-refractivity contribution < 1.29 is 28.9 Å². The summed E-state index contributed by atoms with van der Waals surface area (Å²) in [5.41, 5.74) is -0.397. The molecule has 0 aliphatic carbocycles. The van der Waals surface area contributed by atoms with Crippen molar-refractivity contribution in [2.75, 3.05) is 13.7 Å². The van der Waals surface area contributed by atoms with Crippen LogP contribution in [-0.2, 0) is 9.53 Å². The summed E-state index contributed by atoms with van der Waals surface area (Å²) in [6.45, 7) is 1.61. The molecule has 0 aromatic heterocycles. The molecule has 1 atom stereocenters. The van der Waals surface area contributed by atoms with Crippen LogP contribution >= 0.6 is 15.9 Å². The second kappa shape index (κ2) is 6.01. The van der Waals surface area contributed by atoms with E-state index >= 15 is 0 Å². The fourth-order valence-corrected chi connectivity index (χ4v) is 1.95. The van der Waals surface area contributed by atoms with Crippen LogP contribution in [0.1, 0.15) is 18.6 Å². The van der Waals surface area contributed by atoms with Crippen LogP contribution < -0.4 is 4.74 Å². The molecule has 100 valence electrons. The van der Waals surface area contributed by atoms with Crippen molar-refractivity contribution in [3.63, 3.8) is 0 Å². The van der Waals surface area contributed by atoms with E-state index < -0.39 is 29.2 Å². The highest BCUT2D eigenvalue weighted by Gasteiger charge is 2.28. The number of esters is 1. The second-order valence-electron chi connectivity index (χ2n) is 3.29. The number of hydrogen-bond donors (Lipinski definition) is 2. The van der Waals surface area contributed by atoms with Gasteiger partial charge in [0.25, 0.3) is 0 Å². The molecule has 2 N–H and O–H groups in total. The van der Waals surface area contributed by atoms with E-state index in [-0.39, 0.29) is 16.8 Å². The molecule has 0 radical (unpaired) electrons. The van der Waals surface area contributed by atoms with E-state index in [9.17, 15) is 19.4 Å². The minimum Gasteiger partial charge on any atom is -0.503 e. The number of hydrogen-bond acceptors (Lipinski definition) is 5. The quantitative estimate of drug-likeness (QED) is 0.828. The van der Waals surface area contributed by atoms with Crippen molar-refractivity contribution in [3.05, 3.63) is 21.9 Å². The molecule has 0 saturated carbocycles. The Labute approximate surface area is 111 Å². The number of benzene rings is 1. The molecule has 1 unspecified atom stereocenters. The molecule has 0 saturated heterocycles. The lowest BCUT2D eigenvalue weighted by atomic mass is 10.1. The Bertz CT molecular complexity index is 463. The van der Waals surface area contributed by atoms with Gasteiger partial charge in [0.15, 0.2) is 17.6 Å². The lowest BCUT2D eigenvalue weighted by molar-refractivity contribution is -0.153. The van der Waals surface area contributed by atoms with Crippen LogP contribution in [0, 0.1) is 5.82 Å². The Balaban J connectivity index is 3.25. The van der Waals surface area contributed by atoms with Crippen molar-refractivity contribution in [3.8, 4) is 11.5 Å². The van der Waals surface area contributed by atoms with Crippen LogP contribution in [0.5, 0.6) is 11.5 Å². The van der Waals surface area contributed by atoms with Crippen molar-refractivity contribution in [1.29, 1.82) is 0 Å². The first-order chi connectivity index (χ1) is 8.43. The van der Waals surface area contributed by atoms with Gasteiger partial charge in [-0.2, -0.15) is 0 Å². The van der Waals surface area contributed by atoms with Crippen LogP contribution in [-0.4, -0.2) is 29.9 Å². The number of rotatable bonds is 4. The first-order valence-corrected chi connectivity index (χ1v) is 5.82. The number of ether oxygens (including phenoxy) is 2. The molecule has 0 amide bonds. The highest BCUT2D eigenvalue weighted by Crippen LogP contribution is 2.40. The number of methoxy groups -OCH3 is 1. The molecule has 0 spiro atoms. The number of aliphatic hydroxyl groups excluding tert-OH is 1. The first-order valence-electron chi connectivity index (χ1n) is 5.03. The van der Waals surface area contributed by atoms with Crippen molar-refractivity contribution in [2.24, 2.45) is 0 Å². The average molecular weight is 323 g/mol. The number of phenolic OH excluding ortho intramolecular Hbond substituents is 1. The molecule has 1 rings (SSSR count). The molecule has 0 bridgehead atoms. The third-order valence-electron chi connectivity index (χ3n) is 2.20. The van der Waals surface area contributed by atoms with Crippen LogP contribution in [0.2, 0.25) is 0 Å². The second-order valence-corrected chi connectivity index (χ2v) is 4.08. The normalized spacial score (nSPS) is 12.1. The van der Waals surface area contributed by atoms with Gasteiger partial charge in [-0.25, -0.2) is 9.18 Å². The van der Waals surface area contributed by atoms with Gasteiger partial charge in [0, 0.05) is 11.6 Å². The molecule has 1 aromatic rings. The van der Waals surface area contributed by atoms with E-state index in [1.165, 1.54) is 7.11 Å². The summed E-state index contributed by atoms with van der Waals surface area (Å²) < 4.78 is 22.9. The third-order valence-corrected chi connectivity index (χ3v) is 3.00. The Morgan fingerprint density at radius 2 is 2.22 bits per heavy atom. The lowest BCUT2D eigenvalue weighted by Gasteiger charge is -2.15. The summed E-state index contributed by atoms with van der Waals surface area (Å²) in [6, 6.07) is 0.873. The van der Waals surface area contributed by atoms with Gasteiger partial charge < -0.3 is 19.7 Å². The highest BCUT2D eigenvalue weighted by atomic mass is 79.9. The van der Waals surface area contributed by atoms with Gasteiger partial charge in [-0.1, -0.05) is 0 Å². The maximum absolute atomic E-state index is 13.7. The summed E-state index contributed by atoms with van der Waals surface area (Å²) >= 11 is 2.90. The minimum atomic E-state index is -1.82.